The van der Waals surface area contributed by atoms with E-state index in [1.165, 1.54) is 13.8 Å². The molecule has 18 nitrogen and oxygen atoms in total. The molecule has 1 unspecified atom stereocenters. The lowest BCUT2D eigenvalue weighted by Gasteiger charge is -2.35. The van der Waals surface area contributed by atoms with E-state index in [1.807, 2.05) is 10.6 Å². The standard InChI is InChI=1S/C24H30N4O14S/c1-6-10(7(2)14(31)19(36)13(6)30)20(42-3)24(40,41)26-5-23(38,39)11-15(32)17(34)12(18(35)16(11)33)28-9(29)4-8-21(37)43-22(25)27-8/h20,26,30-41H,4-5H2,1-3H3,(H2,25,27)(H,28,29). The molecule has 0 saturated heterocycles. The Hall–Kier alpha value is -4.50. The summed E-state index contributed by atoms with van der Waals surface area (Å²) in [5.74, 6) is -15.9. The highest BCUT2D eigenvalue weighted by molar-refractivity contribution is 7.17. The first-order valence-electron chi connectivity index (χ1n) is 11.9. The lowest BCUT2D eigenvalue weighted by molar-refractivity contribution is -0.271. The highest BCUT2D eigenvalue weighted by Gasteiger charge is 2.44. The number of aromatic nitrogens is 1. The van der Waals surface area contributed by atoms with Crippen LogP contribution in [0.2, 0.25) is 0 Å². The maximum absolute atomic E-state index is 12.4. The van der Waals surface area contributed by atoms with Crippen molar-refractivity contribution in [1.29, 1.82) is 0 Å². The van der Waals surface area contributed by atoms with Crippen molar-refractivity contribution >= 4 is 28.1 Å². The molecule has 16 N–H and O–H groups in total. The number of carbonyl (C=O) groups is 1. The van der Waals surface area contributed by atoms with Gasteiger partial charge in [-0.05, 0) is 13.8 Å². The van der Waals surface area contributed by atoms with Crippen molar-refractivity contribution in [3.05, 3.63) is 27.9 Å². The number of hydrogen-bond donors (Lipinski definition) is 15. The Labute approximate surface area is 245 Å². The van der Waals surface area contributed by atoms with E-state index in [-0.39, 0.29) is 32.6 Å². The predicted octanol–water partition coefficient (Wildman–Crippen LogP) is -1.08. The van der Waals surface area contributed by atoms with Crippen molar-refractivity contribution in [3.63, 3.8) is 0 Å². The molecule has 0 aliphatic carbocycles. The van der Waals surface area contributed by atoms with Crippen molar-refractivity contribution in [2.45, 2.75) is 38.1 Å². The highest BCUT2D eigenvalue weighted by Crippen LogP contribution is 2.53. The number of aliphatic hydroxyl groups is 4. The summed E-state index contributed by atoms with van der Waals surface area (Å²) in [6.45, 7) is 1.13. The summed E-state index contributed by atoms with van der Waals surface area (Å²) in [7, 11) is 0.990. The molecule has 0 spiro atoms. The lowest BCUT2D eigenvalue weighted by Crippen LogP contribution is -2.55. The van der Waals surface area contributed by atoms with E-state index >= 15 is 0 Å². The Morgan fingerprint density at radius 1 is 0.884 bits per heavy atom. The molecule has 236 valence electrons. The molecule has 1 amide bonds. The van der Waals surface area contributed by atoms with Crippen molar-refractivity contribution < 1.29 is 70.8 Å². The lowest BCUT2D eigenvalue weighted by atomic mass is 9.93. The van der Waals surface area contributed by atoms with E-state index in [9.17, 15) is 66.1 Å². The van der Waals surface area contributed by atoms with Crippen LogP contribution in [0.4, 0.5) is 10.8 Å². The summed E-state index contributed by atoms with van der Waals surface area (Å²) in [6, 6.07) is 0. The number of benzene rings is 2. The number of ether oxygens (including phenoxy) is 1. The third-order valence-electron chi connectivity index (χ3n) is 6.51. The monoisotopic (exact) mass is 630 g/mol. The number of nitrogens with zero attached hydrogens (tertiary/aromatic N) is 1. The fourth-order valence-electron chi connectivity index (χ4n) is 4.32. The van der Waals surface area contributed by atoms with E-state index in [1.54, 1.807) is 0 Å². The first-order chi connectivity index (χ1) is 19.8. The Kier molecular flexibility index (Phi) is 8.94. The summed E-state index contributed by atoms with van der Waals surface area (Å²) >= 11 is 0.671. The van der Waals surface area contributed by atoms with Crippen molar-refractivity contribution in [2.24, 2.45) is 0 Å². The number of nitrogens with two attached hydrogens (primary N) is 1. The van der Waals surface area contributed by atoms with Gasteiger partial charge in [0.25, 0.3) is 5.91 Å². The number of aromatic hydroxyl groups is 8. The van der Waals surface area contributed by atoms with E-state index in [4.69, 9.17) is 10.5 Å². The molecule has 0 fully saturated rings. The molecule has 0 radical (unpaired) electrons. The molecule has 0 bridgehead atoms. The molecule has 0 saturated carbocycles. The fraction of sp³-hybridized carbons (Fsp3) is 0.333. The maximum atomic E-state index is 12.4. The summed E-state index contributed by atoms with van der Waals surface area (Å²) in [5.41, 5.74) is 2.45. The summed E-state index contributed by atoms with van der Waals surface area (Å²) in [4.78, 5) is 16.1. The third kappa shape index (κ3) is 6.03. The van der Waals surface area contributed by atoms with E-state index < -0.39 is 88.2 Å². The van der Waals surface area contributed by atoms with Crippen LogP contribution in [-0.2, 0) is 21.7 Å². The van der Waals surface area contributed by atoms with Gasteiger partial charge in [-0.3, -0.25) is 10.1 Å². The predicted molar refractivity (Wildman–Crippen MR) is 146 cm³/mol. The summed E-state index contributed by atoms with van der Waals surface area (Å²) in [6.07, 6.45) is -2.52. The molecule has 0 aliphatic rings. The molecule has 0 aliphatic heterocycles. The zero-order chi connectivity index (χ0) is 32.8. The number of methoxy groups -OCH3 is 1. The number of thiazole rings is 1. The highest BCUT2D eigenvalue weighted by atomic mass is 32.1. The summed E-state index contributed by atoms with van der Waals surface area (Å²) < 4.78 is 5.10. The Bertz CT molecular complexity index is 1510. The second-order valence-electron chi connectivity index (χ2n) is 9.39. The molecule has 1 aromatic heterocycles. The molecular formula is C24H30N4O14S. The van der Waals surface area contributed by atoms with E-state index in [0.717, 1.165) is 7.11 Å². The Morgan fingerprint density at radius 3 is 1.84 bits per heavy atom. The van der Waals surface area contributed by atoms with Crippen molar-refractivity contribution in [1.82, 2.24) is 10.3 Å². The van der Waals surface area contributed by atoms with E-state index in [2.05, 4.69) is 4.98 Å². The third-order valence-corrected chi connectivity index (χ3v) is 7.24. The number of nitrogens with one attached hydrogen (secondary N) is 2. The molecule has 1 atom stereocenters. The quantitative estimate of drug-likeness (QED) is 0.0719. The van der Waals surface area contributed by atoms with Crippen LogP contribution in [0, 0.1) is 13.8 Å². The van der Waals surface area contributed by atoms with Crippen LogP contribution in [0.15, 0.2) is 0 Å². The van der Waals surface area contributed by atoms with Gasteiger partial charge in [0.05, 0.1) is 13.0 Å². The Morgan fingerprint density at radius 2 is 1.40 bits per heavy atom. The minimum atomic E-state index is -3.49. The number of rotatable bonds is 10. The van der Waals surface area contributed by atoms with Crippen LogP contribution in [0.25, 0.3) is 0 Å². The fourth-order valence-corrected chi connectivity index (χ4v) is 4.91. The molecule has 19 heteroatoms. The number of anilines is 2. The first kappa shape index (κ1) is 33.0. The van der Waals surface area contributed by atoms with Gasteiger partial charge in [-0.15, -0.1) is 0 Å². The van der Waals surface area contributed by atoms with Gasteiger partial charge in [-0.2, -0.15) is 0 Å². The summed E-state index contributed by atoms with van der Waals surface area (Å²) in [5, 5.41) is 128. The van der Waals surface area contributed by atoms with Crippen molar-refractivity contribution in [3.8, 4) is 45.3 Å². The zero-order valence-corrected chi connectivity index (χ0v) is 23.4. The zero-order valence-electron chi connectivity index (χ0n) is 22.6. The minimum Gasteiger partial charge on any atom is -0.504 e. The van der Waals surface area contributed by atoms with Gasteiger partial charge < -0.3 is 77.1 Å². The number of phenolic OH excluding ortho intramolecular Hbond substituents is 7. The number of carbonyl (C=O) groups excluding carboxylic acids is 1. The van der Waals surface area contributed by atoms with Gasteiger partial charge in [0.1, 0.15) is 16.9 Å². The number of hydrogen-bond acceptors (Lipinski definition) is 18. The van der Waals surface area contributed by atoms with Crippen LogP contribution >= 0.6 is 11.3 Å². The number of nitrogen functional groups attached to an aromatic ring is 1. The second kappa shape index (κ2) is 11.6. The molecule has 1 heterocycles. The maximum Gasteiger partial charge on any atom is 0.254 e. The molecule has 2 aromatic carbocycles. The molecule has 3 aromatic rings. The molecule has 43 heavy (non-hydrogen) atoms. The van der Waals surface area contributed by atoms with Crippen LogP contribution in [0.1, 0.15) is 34.1 Å². The van der Waals surface area contributed by atoms with Gasteiger partial charge >= 0.3 is 0 Å². The van der Waals surface area contributed by atoms with E-state index in [0.29, 0.717) is 11.3 Å². The normalized spacial score (nSPS) is 12.8. The average molecular weight is 631 g/mol. The van der Waals surface area contributed by atoms with Gasteiger partial charge in [0, 0.05) is 23.8 Å². The minimum absolute atomic E-state index is 0.0577. The average Bonchev–Trinajstić information content (AvgIpc) is 3.24. The smallest absolute Gasteiger partial charge is 0.254 e. The largest absolute Gasteiger partial charge is 0.504 e. The van der Waals surface area contributed by atoms with Crippen LogP contribution in [0.5, 0.6) is 45.3 Å². The van der Waals surface area contributed by atoms with Gasteiger partial charge in [0.2, 0.25) is 17.4 Å². The van der Waals surface area contributed by atoms with Gasteiger partial charge in [0.15, 0.2) is 50.8 Å². The van der Waals surface area contributed by atoms with Crippen LogP contribution in [0.3, 0.4) is 0 Å². The van der Waals surface area contributed by atoms with Crippen LogP contribution in [-0.4, -0.2) is 91.7 Å². The number of phenols is 7. The number of amides is 1. The molecular weight excluding hydrogens is 600 g/mol. The van der Waals surface area contributed by atoms with Crippen LogP contribution < -0.4 is 16.4 Å². The van der Waals surface area contributed by atoms with Crippen molar-refractivity contribution in [2.75, 3.05) is 24.7 Å². The second-order valence-corrected chi connectivity index (χ2v) is 10.4. The SMILES string of the molecule is COC(c1c(C)c(O)c(O)c(O)c1C)C(O)(O)NCC(O)(O)c1c(O)c(O)c(NC(=O)Cc2nc(N)sc2O)c(O)c1O. The first-order valence-corrected chi connectivity index (χ1v) is 12.7. The molecule has 3 rings (SSSR count). The Balaban J connectivity index is 1.91. The van der Waals surface area contributed by atoms with Gasteiger partial charge in [-0.25, -0.2) is 4.98 Å². The van der Waals surface area contributed by atoms with Gasteiger partial charge in [-0.1, -0.05) is 11.3 Å². The topological polar surface area (TPSA) is 332 Å².